The summed E-state index contributed by atoms with van der Waals surface area (Å²) in [4.78, 5) is 11.6. The van der Waals surface area contributed by atoms with Gasteiger partial charge >= 0.3 is 0 Å². The molecular formula is C15H21NO3. The summed E-state index contributed by atoms with van der Waals surface area (Å²) >= 11 is 0. The van der Waals surface area contributed by atoms with E-state index in [1.165, 1.54) is 0 Å². The number of benzene rings is 1. The summed E-state index contributed by atoms with van der Waals surface area (Å²) in [5.41, 5.74) is 0.715. The fraction of sp³-hybridized carbons (Fsp3) is 0.533. The van der Waals surface area contributed by atoms with Gasteiger partial charge in [0.25, 0.3) is 0 Å². The van der Waals surface area contributed by atoms with Gasteiger partial charge in [0, 0.05) is 24.5 Å². The summed E-state index contributed by atoms with van der Waals surface area (Å²) in [5, 5.41) is 3.06. The van der Waals surface area contributed by atoms with E-state index in [0.29, 0.717) is 6.42 Å². The van der Waals surface area contributed by atoms with Gasteiger partial charge in [-0.05, 0) is 26.0 Å². The third-order valence-electron chi connectivity index (χ3n) is 3.33. The number of nitrogens with one attached hydrogen (secondary N) is 1. The fourth-order valence-electron chi connectivity index (χ4n) is 2.38. The summed E-state index contributed by atoms with van der Waals surface area (Å²) in [6.07, 6.45) is 1.25. The van der Waals surface area contributed by atoms with Crippen molar-refractivity contribution < 1.29 is 14.3 Å². The van der Waals surface area contributed by atoms with E-state index in [9.17, 15) is 4.79 Å². The third kappa shape index (κ3) is 3.00. The number of hydrogen-bond donors (Lipinski definition) is 1. The lowest BCUT2D eigenvalue weighted by Crippen LogP contribution is -2.41. The lowest BCUT2D eigenvalue weighted by molar-refractivity contribution is -0.122. The minimum Gasteiger partial charge on any atom is -0.497 e. The van der Waals surface area contributed by atoms with Gasteiger partial charge < -0.3 is 14.8 Å². The first-order chi connectivity index (χ1) is 8.95. The Bertz CT molecular complexity index is 482. The van der Waals surface area contributed by atoms with E-state index in [0.717, 1.165) is 23.5 Å². The molecule has 4 nitrogen and oxygen atoms in total. The van der Waals surface area contributed by atoms with Crippen LogP contribution in [0.4, 0.5) is 0 Å². The fourth-order valence-corrected chi connectivity index (χ4v) is 2.38. The van der Waals surface area contributed by atoms with Gasteiger partial charge in [0.1, 0.15) is 17.1 Å². The van der Waals surface area contributed by atoms with Gasteiger partial charge in [-0.2, -0.15) is 0 Å². The maximum Gasteiger partial charge on any atom is 0.220 e. The van der Waals surface area contributed by atoms with Gasteiger partial charge in [0.05, 0.1) is 13.2 Å². The van der Waals surface area contributed by atoms with Gasteiger partial charge in [-0.3, -0.25) is 4.79 Å². The van der Waals surface area contributed by atoms with E-state index >= 15 is 0 Å². The number of rotatable bonds is 3. The van der Waals surface area contributed by atoms with Crippen molar-refractivity contribution in [1.82, 2.24) is 5.32 Å². The molecule has 19 heavy (non-hydrogen) atoms. The second-order valence-electron chi connectivity index (χ2n) is 5.44. The summed E-state index contributed by atoms with van der Waals surface area (Å²) in [6.45, 7) is 5.91. The van der Waals surface area contributed by atoms with Crippen LogP contribution in [0.25, 0.3) is 0 Å². The molecule has 2 rings (SSSR count). The molecule has 1 N–H and O–H groups in total. The van der Waals surface area contributed by atoms with Crippen molar-refractivity contribution in [1.29, 1.82) is 0 Å². The number of hydrogen-bond acceptors (Lipinski definition) is 3. The molecular weight excluding hydrogens is 242 g/mol. The highest BCUT2D eigenvalue weighted by Crippen LogP contribution is 2.41. The summed E-state index contributed by atoms with van der Waals surface area (Å²) < 4.78 is 11.2. The third-order valence-corrected chi connectivity index (χ3v) is 3.33. The molecule has 0 spiro atoms. The van der Waals surface area contributed by atoms with Crippen LogP contribution in [0.3, 0.4) is 0 Å². The zero-order valence-electron chi connectivity index (χ0n) is 11.9. The van der Waals surface area contributed by atoms with Crippen LogP contribution < -0.4 is 14.8 Å². The van der Waals surface area contributed by atoms with Crippen molar-refractivity contribution in [2.75, 3.05) is 7.11 Å². The Labute approximate surface area is 114 Å². The molecule has 104 valence electrons. The minimum atomic E-state index is -0.301. The molecule has 1 amide bonds. The van der Waals surface area contributed by atoms with E-state index in [4.69, 9.17) is 9.47 Å². The molecule has 1 unspecified atom stereocenters. The maximum absolute atomic E-state index is 11.6. The van der Waals surface area contributed by atoms with Crippen molar-refractivity contribution in [3.05, 3.63) is 23.8 Å². The zero-order valence-corrected chi connectivity index (χ0v) is 11.9. The highest BCUT2D eigenvalue weighted by molar-refractivity contribution is 5.76. The minimum absolute atomic E-state index is 0.00268. The van der Waals surface area contributed by atoms with Crippen molar-refractivity contribution >= 4 is 5.91 Å². The molecule has 1 aliphatic heterocycles. The number of carbonyl (C=O) groups is 1. The molecule has 0 bridgehead atoms. The standard InChI is InChI=1S/C15H21NO3/c1-5-14(17)16-12-9-15(2,3)19-13-8-10(18-4)6-7-11(12)13/h6-8,12H,5,9H2,1-4H3,(H,16,17). The Morgan fingerprint density at radius 2 is 2.26 bits per heavy atom. The second-order valence-corrected chi connectivity index (χ2v) is 5.44. The van der Waals surface area contributed by atoms with Crippen LogP contribution in [0.5, 0.6) is 11.5 Å². The first kappa shape index (κ1) is 13.7. The van der Waals surface area contributed by atoms with E-state index < -0.39 is 0 Å². The number of amides is 1. The molecule has 4 heteroatoms. The van der Waals surface area contributed by atoms with Gasteiger partial charge in [0.15, 0.2) is 0 Å². The molecule has 1 aromatic carbocycles. The van der Waals surface area contributed by atoms with Crippen LogP contribution in [0.15, 0.2) is 18.2 Å². The van der Waals surface area contributed by atoms with E-state index in [1.54, 1.807) is 7.11 Å². The number of fused-ring (bicyclic) bond motifs is 1. The Morgan fingerprint density at radius 1 is 1.53 bits per heavy atom. The second kappa shape index (κ2) is 5.11. The predicted octanol–water partition coefficient (Wildman–Crippen LogP) is 2.82. The molecule has 0 aliphatic carbocycles. The highest BCUT2D eigenvalue weighted by atomic mass is 16.5. The molecule has 0 aromatic heterocycles. The maximum atomic E-state index is 11.6. The van der Waals surface area contributed by atoms with Crippen molar-refractivity contribution in [2.45, 2.75) is 45.3 Å². The molecule has 0 saturated heterocycles. The van der Waals surface area contributed by atoms with Crippen molar-refractivity contribution in [2.24, 2.45) is 0 Å². The Morgan fingerprint density at radius 3 is 2.89 bits per heavy atom. The lowest BCUT2D eigenvalue weighted by Gasteiger charge is -2.38. The average molecular weight is 263 g/mol. The van der Waals surface area contributed by atoms with Gasteiger partial charge in [-0.25, -0.2) is 0 Å². The Kier molecular flexibility index (Phi) is 3.69. The van der Waals surface area contributed by atoms with Crippen LogP contribution in [0.2, 0.25) is 0 Å². The number of carbonyl (C=O) groups excluding carboxylic acids is 1. The molecule has 0 fully saturated rings. The topological polar surface area (TPSA) is 47.6 Å². The molecule has 0 saturated carbocycles. The van der Waals surface area contributed by atoms with Crippen LogP contribution in [-0.2, 0) is 4.79 Å². The van der Waals surface area contributed by atoms with Crippen molar-refractivity contribution in [3.63, 3.8) is 0 Å². The number of methoxy groups -OCH3 is 1. The highest BCUT2D eigenvalue weighted by Gasteiger charge is 2.34. The summed E-state index contributed by atoms with van der Waals surface area (Å²) in [7, 11) is 1.63. The largest absolute Gasteiger partial charge is 0.497 e. The van der Waals surface area contributed by atoms with E-state index in [2.05, 4.69) is 5.32 Å². The van der Waals surface area contributed by atoms with E-state index in [-0.39, 0.29) is 17.6 Å². The lowest BCUT2D eigenvalue weighted by atomic mass is 9.89. The summed E-state index contributed by atoms with van der Waals surface area (Å²) in [6, 6.07) is 5.73. The molecule has 1 heterocycles. The first-order valence-corrected chi connectivity index (χ1v) is 6.61. The van der Waals surface area contributed by atoms with Crippen LogP contribution in [0.1, 0.15) is 45.2 Å². The smallest absolute Gasteiger partial charge is 0.220 e. The summed E-state index contributed by atoms with van der Waals surface area (Å²) in [5.74, 6) is 1.61. The van der Waals surface area contributed by atoms with Gasteiger partial charge in [-0.1, -0.05) is 6.92 Å². The van der Waals surface area contributed by atoms with Crippen molar-refractivity contribution in [3.8, 4) is 11.5 Å². The van der Waals surface area contributed by atoms with Gasteiger partial charge in [0.2, 0.25) is 5.91 Å². The molecule has 1 aromatic rings. The van der Waals surface area contributed by atoms with E-state index in [1.807, 2.05) is 39.0 Å². The predicted molar refractivity (Wildman–Crippen MR) is 73.5 cm³/mol. The van der Waals surface area contributed by atoms with Crippen LogP contribution >= 0.6 is 0 Å². The quantitative estimate of drug-likeness (QED) is 0.912. The van der Waals surface area contributed by atoms with Crippen LogP contribution in [0, 0.1) is 0 Å². The molecule has 1 aliphatic rings. The monoisotopic (exact) mass is 263 g/mol. The first-order valence-electron chi connectivity index (χ1n) is 6.61. The molecule has 1 atom stereocenters. The normalized spacial score (nSPS) is 20.1. The molecule has 0 radical (unpaired) electrons. The Hall–Kier alpha value is -1.71. The zero-order chi connectivity index (χ0) is 14.0. The average Bonchev–Trinajstić information content (AvgIpc) is 2.36. The van der Waals surface area contributed by atoms with Crippen LogP contribution in [-0.4, -0.2) is 18.6 Å². The van der Waals surface area contributed by atoms with Gasteiger partial charge in [-0.15, -0.1) is 0 Å². The Balaban J connectivity index is 2.34. The number of ether oxygens (including phenoxy) is 2. The SMILES string of the molecule is CCC(=O)NC1CC(C)(C)Oc2cc(OC)ccc21.